The van der Waals surface area contributed by atoms with Crippen molar-refractivity contribution in [1.82, 2.24) is 5.32 Å². The third kappa shape index (κ3) is 6.71. The molecular formula is C10H21ClN2O2. The van der Waals surface area contributed by atoms with Gasteiger partial charge < -0.3 is 15.8 Å². The van der Waals surface area contributed by atoms with Gasteiger partial charge in [-0.1, -0.05) is 0 Å². The predicted octanol–water partition coefficient (Wildman–Crippen LogP) is 0.688. The quantitative estimate of drug-likeness (QED) is 0.640. The maximum absolute atomic E-state index is 11.2. The number of carbonyl (C=O) groups is 1. The first-order chi connectivity index (χ1) is 6.74. The van der Waals surface area contributed by atoms with Gasteiger partial charge in [0.05, 0.1) is 6.61 Å². The number of nitrogens with two attached hydrogens (primary N) is 1. The Morgan fingerprint density at radius 1 is 1.60 bits per heavy atom. The van der Waals surface area contributed by atoms with Gasteiger partial charge in [-0.3, -0.25) is 4.79 Å². The molecule has 1 fully saturated rings. The number of hydrogen-bond donors (Lipinski definition) is 2. The van der Waals surface area contributed by atoms with Crippen LogP contribution in [0.25, 0.3) is 0 Å². The Bertz CT molecular complexity index is 186. The van der Waals surface area contributed by atoms with Gasteiger partial charge in [0, 0.05) is 25.6 Å². The largest absolute Gasteiger partial charge is 0.381 e. The summed E-state index contributed by atoms with van der Waals surface area (Å²) in [5.41, 5.74) is 5.84. The molecule has 1 rings (SSSR count). The van der Waals surface area contributed by atoms with Crippen molar-refractivity contribution in [2.75, 3.05) is 19.8 Å². The van der Waals surface area contributed by atoms with E-state index in [1.54, 1.807) is 0 Å². The Labute approximate surface area is 97.3 Å². The molecule has 1 unspecified atom stereocenters. The molecule has 0 bridgehead atoms. The maximum atomic E-state index is 11.2. The molecule has 0 radical (unpaired) electrons. The Morgan fingerprint density at radius 3 is 2.80 bits per heavy atom. The lowest BCUT2D eigenvalue weighted by Gasteiger charge is -2.11. The topological polar surface area (TPSA) is 64.3 Å². The highest BCUT2D eigenvalue weighted by molar-refractivity contribution is 5.85. The first-order valence-corrected chi connectivity index (χ1v) is 5.34. The molecule has 0 aromatic heterocycles. The van der Waals surface area contributed by atoms with E-state index >= 15 is 0 Å². The number of carbonyl (C=O) groups excluding carboxylic acids is 1. The third-order valence-corrected chi connectivity index (χ3v) is 2.44. The summed E-state index contributed by atoms with van der Waals surface area (Å²) in [5, 5.41) is 2.82. The molecule has 3 N–H and O–H groups in total. The molecule has 0 aromatic rings. The van der Waals surface area contributed by atoms with E-state index in [2.05, 4.69) is 5.32 Å². The molecule has 0 saturated heterocycles. The van der Waals surface area contributed by atoms with Crippen molar-refractivity contribution in [3.05, 3.63) is 0 Å². The van der Waals surface area contributed by atoms with Crippen LogP contribution in [0.2, 0.25) is 0 Å². The molecule has 1 aliphatic carbocycles. The lowest BCUT2D eigenvalue weighted by Crippen LogP contribution is -2.38. The van der Waals surface area contributed by atoms with Crippen molar-refractivity contribution in [3.8, 4) is 0 Å². The second-order valence-electron chi connectivity index (χ2n) is 3.75. The molecule has 0 aliphatic heterocycles. The van der Waals surface area contributed by atoms with E-state index < -0.39 is 0 Å². The van der Waals surface area contributed by atoms with Crippen molar-refractivity contribution in [2.45, 2.75) is 32.2 Å². The maximum Gasteiger partial charge on any atom is 0.222 e. The van der Waals surface area contributed by atoms with E-state index in [9.17, 15) is 4.79 Å². The minimum atomic E-state index is 0. The summed E-state index contributed by atoms with van der Waals surface area (Å²) in [4.78, 5) is 11.2. The second kappa shape index (κ2) is 7.91. The molecular weight excluding hydrogens is 216 g/mol. The van der Waals surface area contributed by atoms with Crippen LogP contribution in [0.3, 0.4) is 0 Å². The minimum Gasteiger partial charge on any atom is -0.381 e. The van der Waals surface area contributed by atoms with Gasteiger partial charge in [-0.05, 0) is 25.7 Å². The summed E-state index contributed by atoms with van der Waals surface area (Å²) in [5.74, 6) is 0.678. The van der Waals surface area contributed by atoms with Crippen molar-refractivity contribution in [1.29, 1.82) is 0 Å². The van der Waals surface area contributed by atoms with Crippen molar-refractivity contribution in [3.63, 3.8) is 0 Å². The van der Waals surface area contributed by atoms with Crippen LogP contribution in [0.15, 0.2) is 0 Å². The zero-order valence-electron chi connectivity index (χ0n) is 9.20. The van der Waals surface area contributed by atoms with E-state index in [4.69, 9.17) is 10.5 Å². The number of ether oxygens (including phenoxy) is 1. The summed E-state index contributed by atoms with van der Waals surface area (Å²) in [6.07, 6.45) is 2.87. The summed E-state index contributed by atoms with van der Waals surface area (Å²) in [7, 11) is 0. The Balaban J connectivity index is 0.00000196. The molecule has 4 nitrogen and oxygen atoms in total. The highest BCUT2D eigenvalue weighted by atomic mass is 35.5. The zero-order chi connectivity index (χ0) is 10.4. The standard InChI is InChI=1S/C10H20N2O2.ClH/c1-2-14-6-5-10(13)12-7-9(11)8-3-4-8;/h8-9H,2-7,11H2,1H3,(H,12,13);1H. The third-order valence-electron chi connectivity index (χ3n) is 2.44. The van der Waals surface area contributed by atoms with Gasteiger partial charge in [0.15, 0.2) is 0 Å². The molecule has 5 heteroatoms. The van der Waals surface area contributed by atoms with E-state index in [0.717, 1.165) is 0 Å². The van der Waals surface area contributed by atoms with Crippen LogP contribution in [0.4, 0.5) is 0 Å². The summed E-state index contributed by atoms with van der Waals surface area (Å²) < 4.78 is 5.08. The fourth-order valence-corrected chi connectivity index (χ4v) is 1.32. The van der Waals surface area contributed by atoms with Gasteiger partial charge in [-0.25, -0.2) is 0 Å². The Hall–Kier alpha value is -0.320. The van der Waals surface area contributed by atoms with Crippen molar-refractivity contribution in [2.24, 2.45) is 11.7 Å². The molecule has 1 amide bonds. The molecule has 15 heavy (non-hydrogen) atoms. The molecule has 0 aromatic carbocycles. The Morgan fingerprint density at radius 2 is 2.27 bits per heavy atom. The monoisotopic (exact) mass is 236 g/mol. The fraction of sp³-hybridized carbons (Fsp3) is 0.900. The van der Waals surface area contributed by atoms with Crippen LogP contribution in [-0.4, -0.2) is 31.7 Å². The van der Waals surface area contributed by atoms with Crippen LogP contribution in [0.1, 0.15) is 26.2 Å². The number of halogens is 1. The van der Waals surface area contributed by atoms with Crippen LogP contribution in [0.5, 0.6) is 0 Å². The first-order valence-electron chi connectivity index (χ1n) is 5.34. The average Bonchev–Trinajstić information content (AvgIpc) is 2.98. The molecule has 1 saturated carbocycles. The summed E-state index contributed by atoms with van der Waals surface area (Å²) in [6, 6.07) is 0.144. The zero-order valence-corrected chi connectivity index (χ0v) is 10.0. The van der Waals surface area contributed by atoms with Crippen molar-refractivity contribution >= 4 is 18.3 Å². The van der Waals surface area contributed by atoms with Crippen LogP contribution in [-0.2, 0) is 9.53 Å². The molecule has 1 atom stereocenters. The van der Waals surface area contributed by atoms with E-state index in [1.807, 2.05) is 6.92 Å². The fourth-order valence-electron chi connectivity index (χ4n) is 1.32. The van der Waals surface area contributed by atoms with Gasteiger partial charge >= 0.3 is 0 Å². The smallest absolute Gasteiger partial charge is 0.222 e. The highest BCUT2D eigenvalue weighted by Crippen LogP contribution is 2.31. The predicted molar refractivity (Wildman–Crippen MR) is 62.1 cm³/mol. The normalized spacial score (nSPS) is 16.7. The number of amides is 1. The van der Waals surface area contributed by atoms with Crippen LogP contribution >= 0.6 is 12.4 Å². The average molecular weight is 237 g/mol. The minimum absolute atomic E-state index is 0. The highest BCUT2D eigenvalue weighted by Gasteiger charge is 2.28. The summed E-state index contributed by atoms with van der Waals surface area (Å²) in [6.45, 7) is 3.69. The Kier molecular flexibility index (Phi) is 7.74. The molecule has 90 valence electrons. The van der Waals surface area contributed by atoms with Crippen LogP contribution in [0, 0.1) is 5.92 Å². The van der Waals surface area contributed by atoms with Gasteiger partial charge in [0.1, 0.15) is 0 Å². The molecule has 1 aliphatic rings. The number of nitrogens with one attached hydrogen (secondary N) is 1. The van der Waals surface area contributed by atoms with Gasteiger partial charge in [0.2, 0.25) is 5.91 Å². The number of hydrogen-bond acceptors (Lipinski definition) is 3. The SMILES string of the molecule is CCOCCC(=O)NCC(N)C1CC1.Cl. The molecule has 0 spiro atoms. The number of rotatable bonds is 7. The van der Waals surface area contributed by atoms with Gasteiger partial charge in [0.25, 0.3) is 0 Å². The summed E-state index contributed by atoms with van der Waals surface area (Å²) >= 11 is 0. The van der Waals surface area contributed by atoms with E-state index in [0.29, 0.717) is 32.1 Å². The van der Waals surface area contributed by atoms with Crippen molar-refractivity contribution < 1.29 is 9.53 Å². The van der Waals surface area contributed by atoms with E-state index in [1.165, 1.54) is 12.8 Å². The van der Waals surface area contributed by atoms with E-state index in [-0.39, 0.29) is 24.4 Å². The van der Waals surface area contributed by atoms with Gasteiger partial charge in [-0.2, -0.15) is 0 Å². The first kappa shape index (κ1) is 14.7. The second-order valence-corrected chi connectivity index (χ2v) is 3.75. The van der Waals surface area contributed by atoms with Gasteiger partial charge in [-0.15, -0.1) is 12.4 Å². The lowest BCUT2D eigenvalue weighted by molar-refractivity contribution is -0.122. The lowest BCUT2D eigenvalue weighted by atomic mass is 10.2. The molecule has 0 heterocycles. The van der Waals surface area contributed by atoms with Crippen LogP contribution < -0.4 is 11.1 Å².